The van der Waals surface area contributed by atoms with E-state index in [-0.39, 0.29) is 29.7 Å². The highest BCUT2D eigenvalue weighted by molar-refractivity contribution is 6.25. The van der Waals surface area contributed by atoms with E-state index in [0.29, 0.717) is 5.56 Å². The molecule has 0 aliphatic heterocycles. The quantitative estimate of drug-likeness (QED) is 0.169. The summed E-state index contributed by atoms with van der Waals surface area (Å²) in [6.07, 6.45) is 0. The molecule has 0 aliphatic rings. The number of hydrogen-bond donors (Lipinski definition) is 0. The number of benzene rings is 10. The molecule has 1 aromatic heterocycles. The minimum atomic E-state index is -0.408. The molecule has 0 saturated carbocycles. The predicted molar refractivity (Wildman–Crippen MR) is 225 cm³/mol. The Hall–Kier alpha value is -6.96. The molecule has 53 heavy (non-hydrogen) atoms. The van der Waals surface area contributed by atoms with Crippen LogP contribution >= 0.6 is 0 Å². The molecule has 1 heteroatoms. The Morgan fingerprint density at radius 1 is 0.321 bits per heavy atom. The Labute approximate surface area is 314 Å². The molecule has 0 unspecified atom stereocenters. The van der Waals surface area contributed by atoms with Gasteiger partial charge in [0.15, 0.2) is 0 Å². The maximum absolute atomic E-state index is 8.94. The van der Waals surface area contributed by atoms with Gasteiger partial charge < -0.3 is 4.42 Å². The third-order valence-electron chi connectivity index (χ3n) is 10.7. The van der Waals surface area contributed by atoms with Gasteiger partial charge in [0.2, 0.25) is 0 Å². The number of hydrogen-bond acceptors (Lipinski definition) is 1. The van der Waals surface area contributed by atoms with E-state index < -0.39 is 6.04 Å². The van der Waals surface area contributed by atoms with Crippen molar-refractivity contribution < 1.29 is 11.3 Å². The van der Waals surface area contributed by atoms with Gasteiger partial charge in [-0.05, 0) is 88.6 Å². The Morgan fingerprint density at radius 2 is 0.774 bits per heavy atom. The van der Waals surface area contributed by atoms with Gasteiger partial charge in [-0.25, -0.2) is 0 Å². The lowest BCUT2D eigenvalue weighted by atomic mass is 9.85. The summed E-state index contributed by atoms with van der Waals surface area (Å²) in [5, 5.41) is 10.1. The molecular formula is C52H32O. The molecule has 0 N–H and O–H groups in total. The minimum Gasteiger partial charge on any atom is -0.455 e. The first-order valence-electron chi connectivity index (χ1n) is 20.4. The summed E-state index contributed by atoms with van der Waals surface area (Å²) in [5.41, 5.74) is 8.86. The summed E-state index contributed by atoms with van der Waals surface area (Å²) in [4.78, 5) is 0. The first-order chi connectivity index (χ1) is 28.4. The van der Waals surface area contributed by atoms with Crippen molar-refractivity contribution in [2.75, 3.05) is 0 Å². The summed E-state index contributed by atoms with van der Waals surface area (Å²) in [6, 6.07) is 55.1. The lowest BCUT2D eigenvalue weighted by Crippen LogP contribution is -1.90. The Morgan fingerprint density at radius 3 is 1.32 bits per heavy atom. The summed E-state index contributed by atoms with van der Waals surface area (Å²) in [6.45, 7) is 0. The fraction of sp³-hybridized carbons (Fsp3) is 0. The zero-order valence-corrected chi connectivity index (χ0v) is 28.5. The first kappa shape index (κ1) is 25.1. The van der Waals surface area contributed by atoms with Crippen molar-refractivity contribution in [1.29, 1.82) is 0 Å². The summed E-state index contributed by atoms with van der Waals surface area (Å²) in [7, 11) is 0. The second-order valence-electron chi connectivity index (χ2n) is 13.5. The van der Waals surface area contributed by atoms with E-state index in [4.69, 9.17) is 11.3 Å². The van der Waals surface area contributed by atoms with Gasteiger partial charge in [0.25, 0.3) is 0 Å². The van der Waals surface area contributed by atoms with Crippen molar-refractivity contribution in [1.82, 2.24) is 0 Å². The molecule has 0 spiro atoms. The molecular weight excluding hydrogens is 641 g/mol. The van der Waals surface area contributed by atoms with Crippen molar-refractivity contribution in [3.63, 3.8) is 0 Å². The van der Waals surface area contributed by atoms with E-state index in [2.05, 4.69) is 115 Å². The van der Waals surface area contributed by atoms with Crippen LogP contribution in [0.1, 0.15) is 6.85 Å². The molecule has 10 aromatic carbocycles. The monoisotopic (exact) mass is 677 g/mol. The molecule has 0 saturated heterocycles. The molecule has 0 radical (unpaired) electrons. The van der Waals surface area contributed by atoms with Crippen LogP contribution in [-0.2, 0) is 0 Å². The molecule has 246 valence electrons. The smallest absolute Gasteiger partial charge is 0.143 e. The average molecular weight is 678 g/mol. The topological polar surface area (TPSA) is 13.1 Å². The standard InChI is InChI=1S/C52H32O/c1-3-16-33(17-4-1)48-37-20-7-9-22-39(37)50(40-23-10-8-21-38(40)48)35-30-31-36-45-28-15-29-46(52(45)53-47(36)32-35)51-43-26-13-11-24-41(43)49(34-18-5-2-6-19-34)42-25-12-14-27-44(42)51/h1-32H/i2D,5D,6D,18D,19D. The van der Waals surface area contributed by atoms with Crippen molar-refractivity contribution in [3.05, 3.63) is 194 Å². The molecule has 11 rings (SSSR count). The third kappa shape index (κ3) is 4.51. The normalized spacial score (nSPS) is 13.1. The van der Waals surface area contributed by atoms with Crippen LogP contribution in [0, 0.1) is 0 Å². The Balaban J connectivity index is 1.18. The second kappa shape index (κ2) is 11.8. The minimum absolute atomic E-state index is 0.191. The summed E-state index contributed by atoms with van der Waals surface area (Å²) in [5.74, 6) is 0. The van der Waals surface area contributed by atoms with Gasteiger partial charge >= 0.3 is 0 Å². The van der Waals surface area contributed by atoms with Gasteiger partial charge in [0.1, 0.15) is 11.2 Å². The van der Waals surface area contributed by atoms with Crippen molar-refractivity contribution >= 4 is 65.0 Å². The van der Waals surface area contributed by atoms with Crippen molar-refractivity contribution in [2.24, 2.45) is 0 Å². The lowest BCUT2D eigenvalue weighted by molar-refractivity contribution is 0.670. The lowest BCUT2D eigenvalue weighted by Gasteiger charge is -2.17. The van der Waals surface area contributed by atoms with Crippen molar-refractivity contribution in [2.45, 2.75) is 0 Å². The van der Waals surface area contributed by atoms with Gasteiger partial charge in [-0.15, -0.1) is 0 Å². The van der Waals surface area contributed by atoms with Gasteiger partial charge in [-0.3, -0.25) is 0 Å². The summed E-state index contributed by atoms with van der Waals surface area (Å²) >= 11 is 0. The average Bonchev–Trinajstić information content (AvgIpc) is 3.65. The number of fused-ring (bicyclic) bond motifs is 7. The molecule has 0 atom stereocenters. The van der Waals surface area contributed by atoms with Gasteiger partial charge in [0, 0.05) is 21.9 Å². The van der Waals surface area contributed by atoms with E-state index in [1.807, 2.05) is 48.5 Å². The Bertz CT molecular complexity index is 3370. The molecule has 1 heterocycles. The fourth-order valence-corrected chi connectivity index (χ4v) is 8.57. The van der Waals surface area contributed by atoms with Crippen LogP contribution in [0.25, 0.3) is 110 Å². The fourth-order valence-electron chi connectivity index (χ4n) is 8.57. The zero-order valence-electron chi connectivity index (χ0n) is 33.5. The zero-order chi connectivity index (χ0) is 39.2. The molecule has 0 fully saturated rings. The van der Waals surface area contributed by atoms with E-state index in [1.54, 1.807) is 0 Å². The predicted octanol–water partition coefficient (Wildman–Crippen LogP) is 14.9. The molecule has 0 aliphatic carbocycles. The SMILES string of the molecule is [2H]c1c([2H])c([2H])c(-c2c3ccccc3c(-c3cccc4c3oc3cc(-c5c6ccccc6c(-c6ccccc6)c6ccccc56)ccc34)c3ccccc23)c([2H])c1[2H]. The number of rotatable bonds is 4. The maximum atomic E-state index is 8.94. The highest BCUT2D eigenvalue weighted by atomic mass is 16.3. The van der Waals surface area contributed by atoms with Gasteiger partial charge in [-0.2, -0.15) is 0 Å². The maximum Gasteiger partial charge on any atom is 0.143 e. The highest BCUT2D eigenvalue weighted by Crippen LogP contribution is 2.48. The van der Waals surface area contributed by atoms with Crippen LogP contribution in [0.3, 0.4) is 0 Å². The second-order valence-corrected chi connectivity index (χ2v) is 13.5. The van der Waals surface area contributed by atoms with E-state index in [1.165, 1.54) is 32.7 Å². The molecule has 0 amide bonds. The molecule has 1 nitrogen and oxygen atoms in total. The van der Waals surface area contributed by atoms with E-state index in [0.717, 1.165) is 65.7 Å². The van der Waals surface area contributed by atoms with Crippen LogP contribution in [0.4, 0.5) is 0 Å². The van der Waals surface area contributed by atoms with Crippen LogP contribution in [0.15, 0.2) is 198 Å². The molecule has 0 bridgehead atoms. The van der Waals surface area contributed by atoms with Crippen LogP contribution in [0.2, 0.25) is 0 Å². The number of para-hydroxylation sites is 1. The van der Waals surface area contributed by atoms with Crippen molar-refractivity contribution in [3.8, 4) is 44.5 Å². The van der Waals surface area contributed by atoms with E-state index >= 15 is 0 Å². The van der Waals surface area contributed by atoms with Crippen LogP contribution < -0.4 is 0 Å². The first-order valence-corrected chi connectivity index (χ1v) is 17.9. The summed E-state index contributed by atoms with van der Waals surface area (Å²) < 4.78 is 50.1. The Kier molecular flexibility index (Phi) is 5.58. The molecule has 11 aromatic rings. The van der Waals surface area contributed by atoms with Gasteiger partial charge in [-0.1, -0.05) is 182 Å². The van der Waals surface area contributed by atoms with Gasteiger partial charge in [0.05, 0.1) is 6.85 Å². The highest BCUT2D eigenvalue weighted by Gasteiger charge is 2.21. The largest absolute Gasteiger partial charge is 0.455 e. The third-order valence-corrected chi connectivity index (χ3v) is 10.7. The number of furan rings is 1. The van der Waals surface area contributed by atoms with Crippen LogP contribution in [0.5, 0.6) is 0 Å². The van der Waals surface area contributed by atoms with E-state index in [9.17, 15) is 0 Å². The van der Waals surface area contributed by atoms with Crippen LogP contribution in [-0.4, -0.2) is 0 Å².